The van der Waals surface area contributed by atoms with Crippen LogP contribution in [0.15, 0.2) is 12.2 Å². The summed E-state index contributed by atoms with van der Waals surface area (Å²) in [4.78, 5) is 12.4. The molecule has 0 aromatic heterocycles. The van der Waals surface area contributed by atoms with Gasteiger partial charge in [0.05, 0.1) is 18.8 Å². The molecule has 0 fully saturated rings. The van der Waals surface area contributed by atoms with E-state index in [4.69, 9.17) is 0 Å². The minimum atomic E-state index is -1.09. The van der Waals surface area contributed by atoms with Gasteiger partial charge >= 0.3 is 0 Å². The molecule has 274 valence electrons. The lowest BCUT2D eigenvalue weighted by Crippen LogP contribution is -2.48. The Morgan fingerprint density at radius 2 is 0.848 bits per heavy atom. The van der Waals surface area contributed by atoms with Crippen LogP contribution in [-0.2, 0) is 4.79 Å². The smallest absolute Gasteiger partial charge is 0.249 e. The molecule has 0 radical (unpaired) electrons. The van der Waals surface area contributed by atoms with Crippen LogP contribution in [0.1, 0.15) is 219 Å². The Morgan fingerprint density at radius 3 is 1.20 bits per heavy atom. The molecule has 0 saturated heterocycles. The highest BCUT2D eigenvalue weighted by Gasteiger charge is 2.22. The first-order valence-electron chi connectivity index (χ1n) is 20.5. The summed E-state index contributed by atoms with van der Waals surface area (Å²) in [6.45, 7) is 4.18. The summed E-state index contributed by atoms with van der Waals surface area (Å²) in [7, 11) is 0. The summed E-state index contributed by atoms with van der Waals surface area (Å²) < 4.78 is 0. The summed E-state index contributed by atoms with van der Waals surface area (Å²) in [6, 6.07) is -0.791. The standard InChI is InChI=1S/C41H81NO4/c1-3-5-7-9-11-13-15-17-18-19-20-21-22-24-26-28-30-32-34-36-40(45)41(46)42-38(37-43)39(44)35-33-31-29-27-25-23-16-14-12-10-8-6-4-2/h33,35,38-40,43-45H,3-32,34,36-37H2,1-2H3,(H,42,46). The van der Waals surface area contributed by atoms with Gasteiger partial charge in [0, 0.05) is 0 Å². The Labute approximate surface area is 287 Å². The first-order valence-corrected chi connectivity index (χ1v) is 20.5. The highest BCUT2D eigenvalue weighted by molar-refractivity contribution is 5.80. The number of unbranched alkanes of at least 4 members (excludes halogenated alkanes) is 29. The monoisotopic (exact) mass is 652 g/mol. The fourth-order valence-corrected chi connectivity index (χ4v) is 6.36. The zero-order chi connectivity index (χ0) is 33.8. The van der Waals surface area contributed by atoms with Crippen LogP contribution in [-0.4, -0.2) is 46.1 Å². The Morgan fingerprint density at radius 1 is 0.522 bits per heavy atom. The van der Waals surface area contributed by atoms with E-state index in [0.717, 1.165) is 32.1 Å². The van der Waals surface area contributed by atoms with E-state index in [9.17, 15) is 20.1 Å². The van der Waals surface area contributed by atoms with Gasteiger partial charge < -0.3 is 20.6 Å². The van der Waals surface area contributed by atoms with Crippen LogP contribution in [0.5, 0.6) is 0 Å². The zero-order valence-corrected chi connectivity index (χ0v) is 31.0. The predicted molar refractivity (Wildman–Crippen MR) is 199 cm³/mol. The molecule has 0 aliphatic heterocycles. The van der Waals surface area contributed by atoms with E-state index in [0.29, 0.717) is 6.42 Å². The summed E-state index contributed by atoms with van der Waals surface area (Å²) in [5.74, 6) is -0.501. The lowest BCUT2D eigenvalue weighted by atomic mass is 10.0. The van der Waals surface area contributed by atoms with Gasteiger partial charge in [-0.3, -0.25) is 4.79 Å². The number of carbonyl (C=O) groups is 1. The van der Waals surface area contributed by atoms with Crippen molar-refractivity contribution in [3.05, 3.63) is 12.2 Å². The maximum Gasteiger partial charge on any atom is 0.249 e. The summed E-state index contributed by atoms with van der Waals surface area (Å²) >= 11 is 0. The molecule has 3 unspecified atom stereocenters. The number of hydrogen-bond donors (Lipinski definition) is 4. The van der Waals surface area contributed by atoms with Gasteiger partial charge in [0.1, 0.15) is 6.10 Å². The number of nitrogens with one attached hydrogen (secondary N) is 1. The largest absolute Gasteiger partial charge is 0.394 e. The second-order valence-corrected chi connectivity index (χ2v) is 14.2. The van der Waals surface area contributed by atoms with Crippen LogP contribution in [0.2, 0.25) is 0 Å². The number of rotatable bonds is 37. The quantitative estimate of drug-likeness (QED) is 0.0397. The van der Waals surface area contributed by atoms with Crippen LogP contribution in [0.25, 0.3) is 0 Å². The normalized spacial score (nSPS) is 13.8. The fourth-order valence-electron chi connectivity index (χ4n) is 6.36. The predicted octanol–water partition coefficient (Wildman–Crippen LogP) is 11.3. The van der Waals surface area contributed by atoms with E-state index in [1.807, 2.05) is 6.08 Å². The van der Waals surface area contributed by atoms with Gasteiger partial charge in [-0.05, 0) is 19.3 Å². The molecule has 3 atom stereocenters. The highest BCUT2D eigenvalue weighted by Crippen LogP contribution is 2.16. The van der Waals surface area contributed by atoms with Crippen molar-refractivity contribution in [1.82, 2.24) is 5.32 Å². The topological polar surface area (TPSA) is 89.8 Å². The molecule has 1 amide bonds. The fraction of sp³-hybridized carbons (Fsp3) is 0.927. The van der Waals surface area contributed by atoms with Crippen LogP contribution in [0.3, 0.4) is 0 Å². The summed E-state index contributed by atoms with van der Waals surface area (Å²) in [5.41, 5.74) is 0. The van der Waals surface area contributed by atoms with Crippen molar-refractivity contribution in [3.63, 3.8) is 0 Å². The molecule has 0 heterocycles. The average Bonchev–Trinajstić information content (AvgIpc) is 3.06. The number of aliphatic hydroxyl groups is 3. The minimum Gasteiger partial charge on any atom is -0.394 e. The van der Waals surface area contributed by atoms with Gasteiger partial charge in [-0.15, -0.1) is 0 Å². The molecule has 5 nitrogen and oxygen atoms in total. The van der Waals surface area contributed by atoms with Gasteiger partial charge in [0.25, 0.3) is 0 Å². The van der Waals surface area contributed by atoms with Crippen LogP contribution in [0, 0.1) is 0 Å². The van der Waals surface area contributed by atoms with Crippen LogP contribution < -0.4 is 5.32 Å². The third-order valence-electron chi connectivity index (χ3n) is 9.63. The van der Waals surface area contributed by atoms with Gasteiger partial charge in [-0.1, -0.05) is 212 Å². The molecule has 5 heteroatoms. The number of aliphatic hydroxyl groups excluding tert-OH is 3. The summed E-state index contributed by atoms with van der Waals surface area (Å²) in [6.07, 6.45) is 42.3. The van der Waals surface area contributed by atoms with E-state index >= 15 is 0 Å². The third-order valence-corrected chi connectivity index (χ3v) is 9.63. The number of allylic oxidation sites excluding steroid dienone is 1. The molecule has 46 heavy (non-hydrogen) atoms. The molecule has 0 aromatic carbocycles. The van der Waals surface area contributed by atoms with Crippen molar-refractivity contribution < 1.29 is 20.1 Å². The molecular weight excluding hydrogens is 570 g/mol. The van der Waals surface area contributed by atoms with Crippen molar-refractivity contribution in [2.75, 3.05) is 6.61 Å². The molecule has 0 aliphatic rings. The SMILES string of the molecule is CCCCCCCCCCCCCC=CC(O)C(CO)NC(=O)C(O)CCCCCCCCCCCCCCCCCCCCC. The van der Waals surface area contributed by atoms with E-state index in [-0.39, 0.29) is 6.61 Å². The molecule has 4 N–H and O–H groups in total. The Bertz CT molecular complexity index is 640. The number of amides is 1. The summed E-state index contributed by atoms with van der Waals surface area (Å²) in [5, 5.41) is 33.0. The van der Waals surface area contributed by atoms with E-state index in [2.05, 4.69) is 19.2 Å². The molecule has 0 aromatic rings. The first kappa shape index (κ1) is 45.1. The highest BCUT2D eigenvalue weighted by atomic mass is 16.3. The van der Waals surface area contributed by atoms with E-state index < -0.39 is 24.2 Å². The van der Waals surface area contributed by atoms with Gasteiger partial charge in [-0.2, -0.15) is 0 Å². The Balaban J connectivity index is 3.65. The molecular formula is C41H81NO4. The molecule has 0 bridgehead atoms. The van der Waals surface area contributed by atoms with Crippen molar-refractivity contribution in [2.24, 2.45) is 0 Å². The Hall–Kier alpha value is -0.910. The van der Waals surface area contributed by atoms with Crippen molar-refractivity contribution in [2.45, 2.75) is 238 Å². The Kier molecular flexibility index (Phi) is 36.2. The zero-order valence-electron chi connectivity index (χ0n) is 31.0. The van der Waals surface area contributed by atoms with Gasteiger partial charge in [0.2, 0.25) is 5.91 Å². The van der Waals surface area contributed by atoms with Gasteiger partial charge in [0.15, 0.2) is 0 Å². The van der Waals surface area contributed by atoms with Gasteiger partial charge in [-0.25, -0.2) is 0 Å². The molecule has 0 aliphatic carbocycles. The van der Waals surface area contributed by atoms with Crippen molar-refractivity contribution in [1.29, 1.82) is 0 Å². The maximum atomic E-state index is 12.4. The second-order valence-electron chi connectivity index (χ2n) is 14.2. The van der Waals surface area contributed by atoms with Crippen molar-refractivity contribution in [3.8, 4) is 0 Å². The molecule has 0 rings (SSSR count). The molecule has 0 spiro atoms. The lowest BCUT2D eigenvalue weighted by molar-refractivity contribution is -0.131. The van der Waals surface area contributed by atoms with E-state index in [1.165, 1.54) is 167 Å². The van der Waals surface area contributed by atoms with Crippen LogP contribution >= 0.6 is 0 Å². The maximum absolute atomic E-state index is 12.4. The average molecular weight is 652 g/mol. The van der Waals surface area contributed by atoms with Crippen LogP contribution in [0.4, 0.5) is 0 Å². The number of carbonyl (C=O) groups excluding carboxylic acids is 1. The minimum absolute atomic E-state index is 0.359. The third kappa shape index (κ3) is 31.7. The van der Waals surface area contributed by atoms with E-state index in [1.54, 1.807) is 6.08 Å². The molecule has 0 saturated carbocycles. The van der Waals surface area contributed by atoms with Crippen molar-refractivity contribution >= 4 is 5.91 Å². The second kappa shape index (κ2) is 36.9. The number of hydrogen-bond acceptors (Lipinski definition) is 4. The first-order chi connectivity index (χ1) is 22.6. The lowest BCUT2D eigenvalue weighted by Gasteiger charge is -2.21.